The first-order chi connectivity index (χ1) is 13.7. The number of rotatable bonds is 8. The zero-order valence-electron chi connectivity index (χ0n) is 16.0. The van der Waals surface area contributed by atoms with Crippen molar-refractivity contribution in [1.29, 1.82) is 0 Å². The van der Waals surface area contributed by atoms with E-state index in [1.807, 2.05) is 6.92 Å². The second kappa shape index (κ2) is 8.81. The number of hydrogen-bond donors (Lipinski definition) is 1. The third-order valence-corrected chi connectivity index (χ3v) is 9.09. The van der Waals surface area contributed by atoms with Crippen molar-refractivity contribution >= 4 is 19.7 Å². The fraction of sp³-hybridized carbons (Fsp3) is 0.400. The van der Waals surface area contributed by atoms with E-state index in [1.165, 1.54) is 18.2 Å². The third kappa shape index (κ3) is 5.15. The largest absolute Gasteiger partial charge is 0.494 e. The zero-order valence-corrected chi connectivity index (χ0v) is 17.7. The number of nitrogens with one attached hydrogen (secondary N) is 1. The average Bonchev–Trinajstić information content (AvgIpc) is 2.99. The fourth-order valence-electron chi connectivity index (χ4n) is 3.47. The highest BCUT2D eigenvalue weighted by Gasteiger charge is 2.45. The Morgan fingerprint density at radius 2 is 1.79 bits per heavy atom. The lowest BCUT2D eigenvalue weighted by atomic mass is 10.1. The summed E-state index contributed by atoms with van der Waals surface area (Å²) in [5.41, 5.74) is 0.492. The monoisotopic (exact) mass is 441 g/mol. The highest BCUT2D eigenvalue weighted by Crippen LogP contribution is 2.27. The molecule has 1 aliphatic heterocycles. The molecule has 158 valence electrons. The molecule has 3 rings (SSSR count). The smallest absolute Gasteiger partial charge is 0.183 e. The van der Waals surface area contributed by atoms with Gasteiger partial charge in [-0.15, -0.1) is 0 Å². The van der Waals surface area contributed by atoms with Crippen LogP contribution in [0.4, 0.5) is 4.39 Å². The van der Waals surface area contributed by atoms with Crippen molar-refractivity contribution in [2.45, 2.75) is 29.5 Å². The molecule has 1 heterocycles. The third-order valence-electron chi connectivity index (χ3n) is 4.92. The Bertz CT molecular complexity index is 1050. The van der Waals surface area contributed by atoms with Crippen molar-refractivity contribution in [2.75, 3.05) is 24.7 Å². The van der Waals surface area contributed by atoms with E-state index in [9.17, 15) is 21.2 Å². The highest BCUT2D eigenvalue weighted by molar-refractivity contribution is 7.96. The maximum atomic E-state index is 13.8. The minimum atomic E-state index is -3.87. The quantitative estimate of drug-likeness (QED) is 0.674. The lowest BCUT2D eigenvalue weighted by molar-refractivity contribution is 0.340. The van der Waals surface area contributed by atoms with Crippen molar-refractivity contribution in [1.82, 2.24) is 5.32 Å². The molecular weight excluding hydrogens is 417 g/mol. The van der Waals surface area contributed by atoms with E-state index in [-0.39, 0.29) is 23.0 Å². The Hall–Kier alpha value is -1.97. The van der Waals surface area contributed by atoms with Crippen LogP contribution in [0.15, 0.2) is 53.4 Å². The summed E-state index contributed by atoms with van der Waals surface area (Å²) in [4.78, 5) is 0.0592. The zero-order chi connectivity index (χ0) is 21.1. The van der Waals surface area contributed by atoms with Gasteiger partial charge in [-0.25, -0.2) is 21.2 Å². The molecule has 6 nitrogen and oxygen atoms in total. The van der Waals surface area contributed by atoms with Gasteiger partial charge in [0.25, 0.3) is 0 Å². The Balaban J connectivity index is 1.75. The van der Waals surface area contributed by atoms with Crippen LogP contribution in [0.3, 0.4) is 0 Å². The van der Waals surface area contributed by atoms with Gasteiger partial charge in [0.05, 0.1) is 28.3 Å². The molecule has 1 aliphatic rings. The Morgan fingerprint density at radius 3 is 2.45 bits per heavy atom. The van der Waals surface area contributed by atoms with E-state index in [0.29, 0.717) is 24.3 Å². The molecule has 0 radical (unpaired) electrons. The van der Waals surface area contributed by atoms with Crippen LogP contribution < -0.4 is 10.1 Å². The van der Waals surface area contributed by atoms with Crippen molar-refractivity contribution < 1.29 is 26.0 Å². The van der Waals surface area contributed by atoms with Gasteiger partial charge in [0.1, 0.15) is 11.6 Å². The predicted octanol–water partition coefficient (Wildman–Crippen LogP) is 2.00. The lowest BCUT2D eigenvalue weighted by Crippen LogP contribution is -2.44. The molecule has 0 bridgehead atoms. The number of hydrogen-bond acceptors (Lipinski definition) is 6. The maximum Gasteiger partial charge on any atom is 0.183 e. The van der Waals surface area contributed by atoms with Crippen LogP contribution in [-0.2, 0) is 26.1 Å². The average molecular weight is 442 g/mol. The molecule has 0 aliphatic carbocycles. The number of benzene rings is 2. The van der Waals surface area contributed by atoms with Crippen molar-refractivity contribution in [2.24, 2.45) is 0 Å². The summed E-state index contributed by atoms with van der Waals surface area (Å²) in [5.74, 6) is -0.484. The van der Waals surface area contributed by atoms with Crippen LogP contribution in [-0.4, -0.2) is 52.8 Å². The molecule has 1 saturated heterocycles. The standard InChI is InChI=1S/C20H24FNO5S2/c1-2-27-16-7-9-17(10-8-16)29(25,26)20-14-28(23,24)13-19(20)22-12-11-15-5-3-4-6-18(15)21/h3-10,19-20,22H,2,11-14H2,1H3/t19-,20-/m1/s1. The number of sulfone groups is 2. The highest BCUT2D eigenvalue weighted by atomic mass is 32.2. The summed E-state index contributed by atoms with van der Waals surface area (Å²) >= 11 is 0. The summed E-state index contributed by atoms with van der Waals surface area (Å²) in [5, 5.41) is 1.93. The first-order valence-electron chi connectivity index (χ1n) is 9.37. The minimum absolute atomic E-state index is 0.0592. The van der Waals surface area contributed by atoms with Crippen LogP contribution in [0.2, 0.25) is 0 Å². The van der Waals surface area contributed by atoms with Crippen LogP contribution in [0.25, 0.3) is 0 Å². The molecular formula is C20H24FNO5S2. The Labute approximate surface area is 170 Å². The molecule has 2 aromatic rings. The van der Waals surface area contributed by atoms with Crippen LogP contribution >= 0.6 is 0 Å². The second-order valence-electron chi connectivity index (χ2n) is 6.97. The van der Waals surface area contributed by atoms with E-state index >= 15 is 0 Å². The predicted molar refractivity (Wildman–Crippen MR) is 109 cm³/mol. The maximum absolute atomic E-state index is 13.8. The molecule has 0 saturated carbocycles. The molecule has 1 fully saturated rings. The van der Waals surface area contributed by atoms with E-state index in [4.69, 9.17) is 4.74 Å². The number of halogens is 1. The number of ether oxygens (including phenoxy) is 1. The molecule has 2 aromatic carbocycles. The van der Waals surface area contributed by atoms with Gasteiger partial charge in [0, 0.05) is 6.04 Å². The van der Waals surface area contributed by atoms with Gasteiger partial charge in [0.2, 0.25) is 0 Å². The first kappa shape index (κ1) is 21.7. The fourth-order valence-corrected chi connectivity index (χ4v) is 8.19. The molecule has 1 N–H and O–H groups in total. The summed E-state index contributed by atoms with van der Waals surface area (Å²) in [6.07, 6.45) is 0.332. The van der Waals surface area contributed by atoms with Gasteiger partial charge in [-0.3, -0.25) is 0 Å². The van der Waals surface area contributed by atoms with Gasteiger partial charge in [0.15, 0.2) is 19.7 Å². The van der Waals surface area contributed by atoms with E-state index in [2.05, 4.69) is 5.32 Å². The Kier molecular flexibility index (Phi) is 6.60. The summed E-state index contributed by atoms with van der Waals surface area (Å²) in [7, 11) is -7.36. The molecule has 9 heteroatoms. The van der Waals surface area contributed by atoms with E-state index in [1.54, 1.807) is 30.3 Å². The Morgan fingerprint density at radius 1 is 1.10 bits per heavy atom. The van der Waals surface area contributed by atoms with Gasteiger partial charge in [-0.1, -0.05) is 18.2 Å². The summed E-state index contributed by atoms with van der Waals surface area (Å²) in [6, 6.07) is 11.5. The van der Waals surface area contributed by atoms with Crippen LogP contribution in [0, 0.1) is 5.82 Å². The van der Waals surface area contributed by atoms with Gasteiger partial charge >= 0.3 is 0 Å². The molecule has 0 spiro atoms. The minimum Gasteiger partial charge on any atom is -0.494 e. The van der Waals surface area contributed by atoms with E-state index < -0.39 is 36.7 Å². The molecule has 0 unspecified atom stereocenters. The lowest BCUT2D eigenvalue weighted by Gasteiger charge is -2.20. The van der Waals surface area contributed by atoms with Crippen molar-refractivity contribution in [3.05, 3.63) is 59.9 Å². The SMILES string of the molecule is CCOc1ccc(S(=O)(=O)[C@@H]2CS(=O)(=O)C[C@H]2NCCc2ccccc2F)cc1. The van der Waals surface area contributed by atoms with Crippen molar-refractivity contribution in [3.63, 3.8) is 0 Å². The van der Waals surface area contributed by atoms with Gasteiger partial charge in [-0.2, -0.15) is 0 Å². The summed E-state index contributed by atoms with van der Waals surface area (Å²) in [6.45, 7) is 2.56. The van der Waals surface area contributed by atoms with Gasteiger partial charge < -0.3 is 10.1 Å². The van der Waals surface area contributed by atoms with Crippen LogP contribution in [0.1, 0.15) is 12.5 Å². The molecule has 0 aromatic heterocycles. The first-order valence-corrected chi connectivity index (χ1v) is 12.7. The van der Waals surface area contributed by atoms with Crippen molar-refractivity contribution in [3.8, 4) is 5.75 Å². The topological polar surface area (TPSA) is 89.5 Å². The summed E-state index contributed by atoms with van der Waals surface area (Å²) < 4.78 is 69.6. The molecule has 2 atom stereocenters. The van der Waals surface area contributed by atoms with Crippen LogP contribution in [0.5, 0.6) is 5.75 Å². The second-order valence-corrected chi connectivity index (χ2v) is 11.3. The molecule has 29 heavy (non-hydrogen) atoms. The van der Waals surface area contributed by atoms with E-state index in [0.717, 1.165) is 0 Å². The molecule has 0 amide bonds. The normalized spacial score (nSPS) is 21.2. The van der Waals surface area contributed by atoms with Gasteiger partial charge in [-0.05, 0) is 55.8 Å².